The lowest BCUT2D eigenvalue weighted by atomic mass is 10.2. The third-order valence-electron chi connectivity index (χ3n) is 2.36. The van der Waals surface area contributed by atoms with Crippen LogP contribution in [0.15, 0.2) is 18.2 Å². The van der Waals surface area contributed by atoms with Gasteiger partial charge in [0, 0.05) is 6.04 Å². The average molecular weight is 296 g/mol. The molecule has 6 heteroatoms. The molecular weight excluding hydrogens is 281 g/mol. The van der Waals surface area contributed by atoms with Crippen molar-refractivity contribution in [2.75, 3.05) is 5.75 Å². The van der Waals surface area contributed by atoms with E-state index in [1.54, 1.807) is 18.2 Å². The average Bonchev–Trinajstić information content (AvgIpc) is 2.22. The van der Waals surface area contributed by atoms with Gasteiger partial charge in [-0.15, -0.1) is 0 Å². The van der Waals surface area contributed by atoms with Crippen LogP contribution in [-0.4, -0.2) is 20.2 Å². The van der Waals surface area contributed by atoms with Gasteiger partial charge in [0.15, 0.2) is 9.84 Å². The number of sulfone groups is 1. The van der Waals surface area contributed by atoms with Gasteiger partial charge in [-0.25, -0.2) is 8.42 Å². The molecule has 0 radical (unpaired) electrons. The summed E-state index contributed by atoms with van der Waals surface area (Å²) < 4.78 is 23.6. The number of halogens is 2. The van der Waals surface area contributed by atoms with Crippen LogP contribution < -0.4 is 5.73 Å². The van der Waals surface area contributed by atoms with E-state index in [-0.39, 0.29) is 17.5 Å². The third-order valence-corrected chi connectivity index (χ3v) is 4.81. The molecule has 0 bridgehead atoms. The van der Waals surface area contributed by atoms with E-state index in [4.69, 9.17) is 28.9 Å². The summed E-state index contributed by atoms with van der Waals surface area (Å²) in [5.41, 5.74) is 6.27. The van der Waals surface area contributed by atoms with Crippen molar-refractivity contribution in [1.82, 2.24) is 0 Å². The lowest BCUT2D eigenvalue weighted by Crippen LogP contribution is -2.29. The summed E-state index contributed by atoms with van der Waals surface area (Å²) in [7, 11) is -3.20. The van der Waals surface area contributed by atoms with Crippen molar-refractivity contribution in [2.45, 2.75) is 25.1 Å². The second-order valence-electron chi connectivity index (χ2n) is 3.97. The number of rotatable bonds is 5. The third kappa shape index (κ3) is 4.84. The lowest BCUT2D eigenvalue weighted by Gasteiger charge is -2.10. The molecule has 0 saturated carbocycles. The van der Waals surface area contributed by atoms with Crippen LogP contribution in [0.4, 0.5) is 0 Å². The molecule has 0 amide bonds. The SMILES string of the molecule is CCC(N)CS(=O)(=O)Cc1ccc(Cl)c(Cl)c1. The highest BCUT2D eigenvalue weighted by atomic mass is 35.5. The number of benzene rings is 1. The van der Waals surface area contributed by atoms with E-state index in [9.17, 15) is 8.42 Å². The molecule has 0 fully saturated rings. The highest BCUT2D eigenvalue weighted by Gasteiger charge is 2.16. The highest BCUT2D eigenvalue weighted by Crippen LogP contribution is 2.23. The predicted molar refractivity (Wildman–Crippen MR) is 72.2 cm³/mol. The summed E-state index contributed by atoms with van der Waals surface area (Å²) in [6.07, 6.45) is 0.639. The van der Waals surface area contributed by atoms with Crippen molar-refractivity contribution in [2.24, 2.45) is 5.73 Å². The van der Waals surface area contributed by atoms with Crippen LogP contribution in [0.3, 0.4) is 0 Å². The molecule has 0 aromatic heterocycles. The van der Waals surface area contributed by atoms with Crippen molar-refractivity contribution < 1.29 is 8.42 Å². The predicted octanol–water partition coefficient (Wildman–Crippen LogP) is 2.65. The van der Waals surface area contributed by atoms with Crippen molar-refractivity contribution in [3.05, 3.63) is 33.8 Å². The first-order valence-corrected chi connectivity index (χ1v) is 7.81. The van der Waals surface area contributed by atoms with Crippen molar-refractivity contribution in [1.29, 1.82) is 0 Å². The Morgan fingerprint density at radius 2 is 1.94 bits per heavy atom. The maximum atomic E-state index is 11.8. The first-order valence-electron chi connectivity index (χ1n) is 5.24. The summed E-state index contributed by atoms with van der Waals surface area (Å²) in [6.45, 7) is 1.86. The molecule has 1 aromatic rings. The molecule has 0 saturated heterocycles. The first kappa shape index (κ1) is 14.8. The van der Waals surface area contributed by atoms with Crippen LogP contribution in [-0.2, 0) is 15.6 Å². The molecule has 1 unspecified atom stereocenters. The second kappa shape index (κ2) is 6.05. The topological polar surface area (TPSA) is 60.2 Å². The van der Waals surface area contributed by atoms with Gasteiger partial charge in [0.2, 0.25) is 0 Å². The molecule has 0 aliphatic carbocycles. The van der Waals surface area contributed by atoms with Gasteiger partial charge in [0.25, 0.3) is 0 Å². The zero-order chi connectivity index (χ0) is 13.1. The van der Waals surface area contributed by atoms with E-state index in [1.807, 2.05) is 6.92 Å². The molecule has 1 atom stereocenters. The van der Waals surface area contributed by atoms with Crippen molar-refractivity contribution in [3.8, 4) is 0 Å². The minimum Gasteiger partial charge on any atom is -0.327 e. The molecule has 0 spiro atoms. The van der Waals surface area contributed by atoms with Crippen LogP contribution in [0.2, 0.25) is 10.0 Å². The Kier molecular flexibility index (Phi) is 5.25. The standard InChI is InChI=1S/C11H15Cl2NO2S/c1-2-9(14)7-17(15,16)6-8-3-4-10(12)11(13)5-8/h3-5,9H,2,6-7,14H2,1H3. The van der Waals surface area contributed by atoms with Crippen molar-refractivity contribution >= 4 is 33.0 Å². The van der Waals surface area contributed by atoms with Gasteiger partial charge >= 0.3 is 0 Å². The van der Waals surface area contributed by atoms with E-state index in [0.717, 1.165) is 0 Å². The Labute approximate surface area is 112 Å². The van der Waals surface area contributed by atoms with E-state index in [2.05, 4.69) is 0 Å². The molecule has 0 heterocycles. The van der Waals surface area contributed by atoms with E-state index < -0.39 is 9.84 Å². The lowest BCUT2D eigenvalue weighted by molar-refractivity contribution is 0.583. The van der Waals surface area contributed by atoms with Gasteiger partial charge < -0.3 is 5.73 Å². The molecule has 1 aromatic carbocycles. The minimum absolute atomic E-state index is 0.0102. The fraction of sp³-hybridized carbons (Fsp3) is 0.455. The van der Waals surface area contributed by atoms with Gasteiger partial charge in [-0.2, -0.15) is 0 Å². The van der Waals surface area contributed by atoms with E-state index in [1.165, 1.54) is 0 Å². The Morgan fingerprint density at radius 3 is 2.47 bits per heavy atom. The maximum absolute atomic E-state index is 11.8. The smallest absolute Gasteiger partial charge is 0.155 e. The maximum Gasteiger partial charge on any atom is 0.155 e. The highest BCUT2D eigenvalue weighted by molar-refractivity contribution is 7.90. The molecular formula is C11H15Cl2NO2S. The van der Waals surface area contributed by atoms with Crippen molar-refractivity contribution in [3.63, 3.8) is 0 Å². The Hall–Kier alpha value is -0.290. The number of hydrogen-bond donors (Lipinski definition) is 1. The number of hydrogen-bond acceptors (Lipinski definition) is 3. The van der Waals surface area contributed by atoms with Crippen LogP contribution in [0.1, 0.15) is 18.9 Å². The fourth-order valence-electron chi connectivity index (χ4n) is 1.39. The first-order chi connectivity index (χ1) is 7.84. The van der Waals surface area contributed by atoms with Gasteiger partial charge in [-0.05, 0) is 24.1 Å². The van der Waals surface area contributed by atoms with Crippen LogP contribution >= 0.6 is 23.2 Å². The summed E-state index contributed by atoms with van der Waals surface area (Å²) in [6, 6.07) is 4.50. The summed E-state index contributed by atoms with van der Waals surface area (Å²) in [5.74, 6) is -0.0681. The largest absolute Gasteiger partial charge is 0.327 e. The van der Waals surface area contributed by atoms with Gasteiger partial charge in [0.05, 0.1) is 21.6 Å². The number of nitrogens with two attached hydrogens (primary N) is 1. The van der Waals surface area contributed by atoms with E-state index in [0.29, 0.717) is 22.0 Å². The zero-order valence-electron chi connectivity index (χ0n) is 9.49. The van der Waals surface area contributed by atoms with Gasteiger partial charge in [-0.3, -0.25) is 0 Å². The van der Waals surface area contributed by atoms with Gasteiger partial charge in [-0.1, -0.05) is 36.2 Å². The molecule has 1 rings (SSSR count). The Balaban J connectivity index is 2.80. The summed E-state index contributed by atoms with van der Waals surface area (Å²) >= 11 is 11.6. The van der Waals surface area contributed by atoms with Gasteiger partial charge in [0.1, 0.15) is 0 Å². The quantitative estimate of drug-likeness (QED) is 0.908. The normalized spacial score (nSPS) is 13.6. The summed E-state index contributed by atoms with van der Waals surface area (Å²) in [4.78, 5) is 0. The van der Waals surface area contributed by atoms with Crippen LogP contribution in [0, 0.1) is 0 Å². The molecule has 17 heavy (non-hydrogen) atoms. The molecule has 2 N–H and O–H groups in total. The molecule has 3 nitrogen and oxygen atoms in total. The molecule has 96 valence electrons. The zero-order valence-corrected chi connectivity index (χ0v) is 11.8. The molecule has 0 aliphatic rings. The van der Waals surface area contributed by atoms with Crippen LogP contribution in [0.5, 0.6) is 0 Å². The summed E-state index contributed by atoms with van der Waals surface area (Å²) in [5, 5.41) is 0.775. The van der Waals surface area contributed by atoms with E-state index >= 15 is 0 Å². The Bertz CT molecular complexity index is 488. The molecule has 0 aliphatic heterocycles. The second-order valence-corrected chi connectivity index (χ2v) is 6.89. The minimum atomic E-state index is -3.20. The Morgan fingerprint density at radius 1 is 1.29 bits per heavy atom. The van der Waals surface area contributed by atoms with Crippen LogP contribution in [0.25, 0.3) is 0 Å². The monoisotopic (exact) mass is 295 g/mol. The fourth-order valence-corrected chi connectivity index (χ4v) is 3.40.